The van der Waals surface area contributed by atoms with Crippen molar-refractivity contribution in [2.45, 2.75) is 20.4 Å². The van der Waals surface area contributed by atoms with E-state index in [-0.39, 0.29) is 12.5 Å². The molecule has 0 radical (unpaired) electrons. The average Bonchev–Trinajstić information content (AvgIpc) is 2.78. The number of rotatable bonds is 9. The summed E-state index contributed by atoms with van der Waals surface area (Å²) < 4.78 is 16.4. The zero-order valence-corrected chi connectivity index (χ0v) is 20.6. The minimum atomic E-state index is -0.00474. The van der Waals surface area contributed by atoms with Gasteiger partial charge < -0.3 is 29.3 Å². The zero-order valence-electron chi connectivity index (χ0n) is 20.6. The molecule has 1 heterocycles. The molecule has 1 amide bonds. The van der Waals surface area contributed by atoms with Gasteiger partial charge in [-0.3, -0.25) is 9.69 Å². The van der Waals surface area contributed by atoms with Gasteiger partial charge in [0.25, 0.3) is 0 Å². The first-order valence-corrected chi connectivity index (χ1v) is 11.0. The van der Waals surface area contributed by atoms with E-state index in [4.69, 9.17) is 14.2 Å². The van der Waals surface area contributed by atoms with Crippen LogP contribution in [-0.2, 0) is 11.3 Å². The highest BCUT2D eigenvalue weighted by Gasteiger charge is 2.22. The van der Waals surface area contributed by atoms with Crippen LogP contribution in [0.5, 0.6) is 17.2 Å². The highest BCUT2D eigenvalue weighted by atomic mass is 16.5. The van der Waals surface area contributed by atoms with Crippen molar-refractivity contribution in [3.8, 4) is 17.2 Å². The van der Waals surface area contributed by atoms with Crippen molar-refractivity contribution in [3.05, 3.63) is 17.7 Å². The van der Waals surface area contributed by atoms with Gasteiger partial charge in [-0.1, -0.05) is 13.8 Å². The molecule has 1 fully saturated rings. The second-order valence-electron chi connectivity index (χ2n) is 8.50. The maximum atomic E-state index is 12.0. The van der Waals surface area contributed by atoms with Crippen LogP contribution < -0.4 is 19.5 Å². The Morgan fingerprint density at radius 3 is 2.12 bits per heavy atom. The van der Waals surface area contributed by atoms with Crippen LogP contribution in [-0.4, -0.2) is 101 Å². The summed E-state index contributed by atoms with van der Waals surface area (Å²) in [5.41, 5.74) is 1.11. The third-order valence-electron chi connectivity index (χ3n) is 5.33. The van der Waals surface area contributed by atoms with Crippen molar-refractivity contribution in [2.24, 2.45) is 10.9 Å². The molecule has 180 valence electrons. The monoisotopic (exact) mass is 449 g/mol. The largest absolute Gasteiger partial charge is 0.493 e. The number of nitrogens with one attached hydrogen (secondary N) is 1. The first-order valence-electron chi connectivity index (χ1n) is 11.0. The third-order valence-corrected chi connectivity index (χ3v) is 5.33. The summed E-state index contributed by atoms with van der Waals surface area (Å²) in [5, 5.41) is 3.43. The van der Waals surface area contributed by atoms with Gasteiger partial charge in [-0.15, -0.1) is 0 Å². The molecule has 0 atom stereocenters. The van der Waals surface area contributed by atoms with Crippen LogP contribution in [0.3, 0.4) is 0 Å². The number of benzene rings is 1. The number of hydrogen-bond acceptors (Lipinski definition) is 6. The SMILES string of the molecule is COc1cc(CN2CCN(C(=NCC(=O)N(C)C)NCC(C)C)CC2)cc(OC)c1OC. The molecule has 32 heavy (non-hydrogen) atoms. The Bertz CT molecular complexity index is 749. The second-order valence-corrected chi connectivity index (χ2v) is 8.50. The van der Waals surface area contributed by atoms with Gasteiger partial charge in [0.1, 0.15) is 6.54 Å². The molecular formula is C23H39N5O4. The van der Waals surface area contributed by atoms with Crippen LogP contribution in [0.4, 0.5) is 0 Å². The summed E-state index contributed by atoms with van der Waals surface area (Å²) >= 11 is 0. The van der Waals surface area contributed by atoms with E-state index in [1.54, 1.807) is 40.3 Å². The maximum Gasteiger partial charge on any atom is 0.243 e. The first-order chi connectivity index (χ1) is 15.3. The number of guanidine groups is 1. The highest BCUT2D eigenvalue weighted by Crippen LogP contribution is 2.38. The molecule has 1 N–H and O–H groups in total. The van der Waals surface area contributed by atoms with Crippen molar-refractivity contribution >= 4 is 11.9 Å². The van der Waals surface area contributed by atoms with E-state index in [9.17, 15) is 4.79 Å². The fraction of sp³-hybridized carbons (Fsp3) is 0.652. The molecule has 0 aliphatic carbocycles. The Morgan fingerprint density at radius 1 is 1.06 bits per heavy atom. The van der Waals surface area contributed by atoms with Crippen molar-refractivity contribution in [2.75, 3.05) is 74.7 Å². The molecule has 1 aliphatic heterocycles. The van der Waals surface area contributed by atoms with Crippen LogP contribution in [0.2, 0.25) is 0 Å². The Balaban J connectivity index is 2.03. The van der Waals surface area contributed by atoms with Gasteiger partial charge in [-0.2, -0.15) is 0 Å². The lowest BCUT2D eigenvalue weighted by molar-refractivity contribution is -0.127. The van der Waals surface area contributed by atoms with Gasteiger partial charge in [-0.25, -0.2) is 4.99 Å². The summed E-state index contributed by atoms with van der Waals surface area (Å²) in [7, 11) is 8.37. The molecule has 0 saturated carbocycles. The van der Waals surface area contributed by atoms with Crippen LogP contribution >= 0.6 is 0 Å². The zero-order chi connectivity index (χ0) is 23.7. The Labute approximate surface area is 192 Å². The molecule has 0 aromatic heterocycles. The number of nitrogens with zero attached hydrogens (tertiary/aromatic N) is 4. The number of amides is 1. The van der Waals surface area contributed by atoms with E-state index in [0.717, 1.165) is 50.8 Å². The van der Waals surface area contributed by atoms with Gasteiger partial charge in [0.15, 0.2) is 17.5 Å². The number of ether oxygens (including phenoxy) is 3. The minimum absolute atomic E-state index is 0.00474. The van der Waals surface area contributed by atoms with Gasteiger partial charge >= 0.3 is 0 Å². The van der Waals surface area contributed by atoms with Crippen LogP contribution in [0.15, 0.2) is 17.1 Å². The smallest absolute Gasteiger partial charge is 0.243 e. The minimum Gasteiger partial charge on any atom is -0.493 e. The second kappa shape index (κ2) is 12.4. The van der Waals surface area contributed by atoms with E-state index in [1.807, 2.05) is 12.1 Å². The molecule has 2 rings (SSSR count). The van der Waals surface area contributed by atoms with Crippen LogP contribution in [0.1, 0.15) is 19.4 Å². The highest BCUT2D eigenvalue weighted by molar-refractivity contribution is 5.85. The molecule has 1 aromatic rings. The Morgan fingerprint density at radius 2 is 1.66 bits per heavy atom. The van der Waals surface area contributed by atoms with Crippen molar-refractivity contribution in [1.29, 1.82) is 0 Å². The number of methoxy groups -OCH3 is 3. The number of likely N-dealkylation sites (N-methyl/N-ethyl adjacent to an activating group) is 1. The number of carbonyl (C=O) groups excluding carboxylic acids is 1. The normalized spacial score (nSPS) is 15.0. The predicted molar refractivity (Wildman–Crippen MR) is 127 cm³/mol. The Kier molecular flexibility index (Phi) is 9.90. The lowest BCUT2D eigenvalue weighted by atomic mass is 10.1. The van der Waals surface area contributed by atoms with Crippen LogP contribution in [0.25, 0.3) is 0 Å². The molecule has 9 heteroatoms. The standard InChI is InChI=1S/C23H39N5O4/c1-17(2)14-24-23(25-15-21(29)26(3)4)28-10-8-27(9-11-28)16-18-12-19(30-5)22(32-7)20(13-18)31-6/h12-13,17H,8-11,14-16H2,1-7H3,(H,24,25). The number of piperazine rings is 1. The fourth-order valence-electron chi connectivity index (χ4n) is 3.45. The van der Waals surface area contributed by atoms with Gasteiger partial charge in [-0.05, 0) is 23.6 Å². The molecule has 0 bridgehead atoms. The van der Waals surface area contributed by atoms with Crippen molar-refractivity contribution < 1.29 is 19.0 Å². The van der Waals surface area contributed by atoms with Gasteiger partial charge in [0.2, 0.25) is 11.7 Å². The predicted octanol–water partition coefficient (Wildman–Crippen LogP) is 1.52. The first kappa shape index (κ1) is 25.6. The summed E-state index contributed by atoms with van der Waals surface area (Å²) in [6.45, 7) is 9.53. The van der Waals surface area contributed by atoms with Crippen molar-refractivity contribution in [3.63, 3.8) is 0 Å². The summed E-state index contributed by atoms with van der Waals surface area (Å²) in [5.74, 6) is 3.23. The quantitative estimate of drug-likeness (QED) is 0.452. The van der Waals surface area contributed by atoms with E-state index in [1.165, 1.54) is 0 Å². The average molecular weight is 450 g/mol. The lowest BCUT2D eigenvalue weighted by Gasteiger charge is -2.37. The van der Waals surface area contributed by atoms with Gasteiger partial charge in [0.05, 0.1) is 21.3 Å². The summed E-state index contributed by atoms with van der Waals surface area (Å²) in [6, 6.07) is 4.00. The topological polar surface area (TPSA) is 78.9 Å². The molecule has 9 nitrogen and oxygen atoms in total. The Hall–Kier alpha value is -2.68. The summed E-state index contributed by atoms with van der Waals surface area (Å²) in [6.07, 6.45) is 0. The molecule has 1 saturated heterocycles. The fourth-order valence-corrected chi connectivity index (χ4v) is 3.45. The van der Waals surface area contributed by atoms with E-state index < -0.39 is 0 Å². The number of carbonyl (C=O) groups is 1. The maximum absolute atomic E-state index is 12.0. The van der Waals surface area contributed by atoms with Gasteiger partial charge in [0, 0.05) is 53.4 Å². The molecule has 0 unspecified atom stereocenters. The lowest BCUT2D eigenvalue weighted by Crippen LogP contribution is -2.52. The van der Waals surface area contributed by atoms with E-state index in [0.29, 0.717) is 23.2 Å². The number of aliphatic imine (C=N–C) groups is 1. The molecule has 0 spiro atoms. The molecule has 1 aliphatic rings. The summed E-state index contributed by atoms with van der Waals surface area (Å²) in [4.78, 5) is 22.8. The third kappa shape index (κ3) is 7.19. The van der Waals surface area contributed by atoms with Crippen molar-refractivity contribution in [1.82, 2.24) is 20.0 Å². The van der Waals surface area contributed by atoms with E-state index in [2.05, 4.69) is 34.0 Å². The molecule has 1 aromatic carbocycles. The van der Waals surface area contributed by atoms with E-state index >= 15 is 0 Å². The van der Waals surface area contributed by atoms with Crippen LogP contribution in [0, 0.1) is 5.92 Å². The molecular weight excluding hydrogens is 410 g/mol. The number of hydrogen-bond donors (Lipinski definition) is 1.